The number of aliphatic carboxylic acids is 1. The first-order valence-electron chi connectivity index (χ1n) is 10.3. The molecule has 0 bridgehead atoms. The van der Waals surface area contributed by atoms with E-state index in [1.165, 1.54) is 11.1 Å². The molecule has 0 aliphatic carbocycles. The zero-order chi connectivity index (χ0) is 20.8. The molecule has 0 radical (unpaired) electrons. The van der Waals surface area contributed by atoms with Crippen molar-refractivity contribution in [3.8, 4) is 11.1 Å². The molecule has 2 aromatic rings. The fourth-order valence-corrected chi connectivity index (χ4v) is 4.08. The van der Waals surface area contributed by atoms with Gasteiger partial charge in [0.1, 0.15) is 0 Å². The summed E-state index contributed by atoms with van der Waals surface area (Å²) in [5.74, 6) is -0.932. The van der Waals surface area contributed by atoms with Crippen molar-refractivity contribution in [3.05, 3.63) is 59.7 Å². The van der Waals surface area contributed by atoms with Gasteiger partial charge in [-0.2, -0.15) is 0 Å². The lowest BCUT2D eigenvalue weighted by molar-refractivity contribution is -0.139. The van der Waals surface area contributed by atoms with E-state index < -0.39 is 5.97 Å². The van der Waals surface area contributed by atoms with E-state index in [0.717, 1.165) is 24.1 Å². The first-order valence-corrected chi connectivity index (χ1v) is 10.3. The summed E-state index contributed by atoms with van der Waals surface area (Å²) in [6, 6.07) is 16.7. The van der Waals surface area contributed by atoms with Crippen LogP contribution >= 0.6 is 0 Å². The van der Waals surface area contributed by atoms with E-state index in [4.69, 9.17) is 0 Å². The minimum atomic E-state index is -0.846. The Labute approximate surface area is 172 Å². The molecule has 1 atom stereocenters. The zero-order valence-electron chi connectivity index (χ0n) is 17.3. The van der Waals surface area contributed by atoms with Gasteiger partial charge in [-0.3, -0.25) is 14.5 Å². The van der Waals surface area contributed by atoms with Gasteiger partial charge in [0.25, 0.3) is 0 Å². The first kappa shape index (κ1) is 21.1. The summed E-state index contributed by atoms with van der Waals surface area (Å²) < 4.78 is 0. The van der Waals surface area contributed by atoms with Crippen LogP contribution in [0.4, 0.5) is 0 Å². The van der Waals surface area contributed by atoms with Crippen molar-refractivity contribution in [1.29, 1.82) is 0 Å². The zero-order valence-corrected chi connectivity index (χ0v) is 17.3. The maximum Gasteiger partial charge on any atom is 0.317 e. The van der Waals surface area contributed by atoms with Crippen LogP contribution in [0.1, 0.15) is 24.5 Å². The second-order valence-electron chi connectivity index (χ2n) is 7.93. The van der Waals surface area contributed by atoms with E-state index in [9.17, 15) is 14.7 Å². The highest BCUT2D eigenvalue weighted by atomic mass is 16.4. The Morgan fingerprint density at radius 1 is 1.10 bits per heavy atom. The Hall–Kier alpha value is -2.66. The van der Waals surface area contributed by atoms with E-state index in [2.05, 4.69) is 56.3 Å². The number of rotatable bonds is 7. The van der Waals surface area contributed by atoms with Crippen LogP contribution < -0.4 is 0 Å². The largest absolute Gasteiger partial charge is 0.480 e. The van der Waals surface area contributed by atoms with Gasteiger partial charge in [0.15, 0.2) is 0 Å². The molecule has 29 heavy (non-hydrogen) atoms. The molecule has 5 nitrogen and oxygen atoms in total. The predicted octanol–water partition coefficient (Wildman–Crippen LogP) is 3.46. The van der Waals surface area contributed by atoms with Crippen LogP contribution in [0, 0.1) is 12.8 Å². The molecular weight excluding hydrogens is 364 g/mol. The summed E-state index contributed by atoms with van der Waals surface area (Å²) in [7, 11) is 0. The number of carboxylic acid groups (broad SMARTS) is 1. The number of carbonyl (C=O) groups excluding carboxylic acids is 1. The van der Waals surface area contributed by atoms with E-state index in [0.29, 0.717) is 26.1 Å². The maximum atomic E-state index is 13.1. The number of carboxylic acids is 1. The van der Waals surface area contributed by atoms with Crippen molar-refractivity contribution < 1.29 is 14.7 Å². The Morgan fingerprint density at radius 2 is 1.83 bits per heavy atom. The average molecular weight is 395 g/mol. The molecule has 3 rings (SSSR count). The first-order chi connectivity index (χ1) is 14.0. The third kappa shape index (κ3) is 5.67. The Kier molecular flexibility index (Phi) is 7.04. The third-order valence-electron chi connectivity index (χ3n) is 5.44. The van der Waals surface area contributed by atoms with Gasteiger partial charge in [-0.15, -0.1) is 0 Å². The summed E-state index contributed by atoms with van der Waals surface area (Å²) in [6.07, 6.45) is 1.52. The van der Waals surface area contributed by atoms with Crippen LogP contribution in [0.15, 0.2) is 48.5 Å². The number of carbonyl (C=O) groups is 2. The van der Waals surface area contributed by atoms with Gasteiger partial charge < -0.3 is 10.0 Å². The van der Waals surface area contributed by atoms with Gasteiger partial charge in [0.05, 0.1) is 12.5 Å². The summed E-state index contributed by atoms with van der Waals surface area (Å²) in [5, 5.41) is 9.21. The Bertz CT molecular complexity index is 865. The smallest absolute Gasteiger partial charge is 0.317 e. The van der Waals surface area contributed by atoms with E-state index in [1.807, 2.05) is 15.9 Å². The summed E-state index contributed by atoms with van der Waals surface area (Å²) >= 11 is 0. The minimum absolute atomic E-state index is 0.0208. The Balaban J connectivity index is 1.82. The SMILES string of the molecule is CCCN1CCN(CC(=O)O)CC(Cc2cccc(-c3cccc(C)c3)c2)C1=O. The Morgan fingerprint density at radius 3 is 2.52 bits per heavy atom. The van der Waals surface area contributed by atoms with Gasteiger partial charge >= 0.3 is 5.97 Å². The minimum Gasteiger partial charge on any atom is -0.480 e. The lowest BCUT2D eigenvalue weighted by Crippen LogP contribution is -2.38. The highest BCUT2D eigenvalue weighted by molar-refractivity contribution is 5.80. The second kappa shape index (κ2) is 9.70. The lowest BCUT2D eigenvalue weighted by atomic mass is 9.94. The summed E-state index contributed by atoms with van der Waals surface area (Å²) in [6.45, 7) is 6.54. The van der Waals surface area contributed by atoms with Gasteiger partial charge in [-0.25, -0.2) is 0 Å². The maximum absolute atomic E-state index is 13.1. The molecule has 1 fully saturated rings. The molecule has 0 saturated carbocycles. The highest BCUT2D eigenvalue weighted by Crippen LogP contribution is 2.24. The topological polar surface area (TPSA) is 60.9 Å². The molecule has 1 amide bonds. The fraction of sp³-hybridized carbons (Fsp3) is 0.417. The van der Waals surface area contributed by atoms with Crippen molar-refractivity contribution >= 4 is 11.9 Å². The lowest BCUT2D eigenvalue weighted by Gasteiger charge is -2.23. The van der Waals surface area contributed by atoms with Crippen molar-refractivity contribution in [2.45, 2.75) is 26.7 Å². The molecule has 0 spiro atoms. The van der Waals surface area contributed by atoms with E-state index >= 15 is 0 Å². The van der Waals surface area contributed by atoms with Crippen LogP contribution in [-0.2, 0) is 16.0 Å². The number of benzene rings is 2. The third-order valence-corrected chi connectivity index (χ3v) is 5.44. The normalized spacial score (nSPS) is 17.9. The second-order valence-corrected chi connectivity index (χ2v) is 7.93. The molecule has 1 heterocycles. The molecule has 154 valence electrons. The number of hydrogen-bond donors (Lipinski definition) is 1. The molecule has 1 saturated heterocycles. The average Bonchev–Trinajstić information content (AvgIpc) is 2.82. The van der Waals surface area contributed by atoms with Crippen LogP contribution in [0.2, 0.25) is 0 Å². The van der Waals surface area contributed by atoms with Crippen molar-refractivity contribution in [3.63, 3.8) is 0 Å². The highest BCUT2D eigenvalue weighted by Gasteiger charge is 2.30. The van der Waals surface area contributed by atoms with Crippen LogP contribution in [0.25, 0.3) is 11.1 Å². The molecule has 1 N–H and O–H groups in total. The number of aryl methyl sites for hydroxylation is 1. The predicted molar refractivity (Wildman–Crippen MR) is 115 cm³/mol. The number of hydrogen-bond acceptors (Lipinski definition) is 3. The van der Waals surface area contributed by atoms with Crippen molar-refractivity contribution in [2.75, 3.05) is 32.7 Å². The van der Waals surface area contributed by atoms with Crippen molar-refractivity contribution in [2.24, 2.45) is 5.92 Å². The van der Waals surface area contributed by atoms with Crippen LogP contribution in [-0.4, -0.2) is 59.5 Å². The number of nitrogens with zero attached hydrogens (tertiary/aromatic N) is 2. The van der Waals surface area contributed by atoms with E-state index in [-0.39, 0.29) is 18.4 Å². The number of amides is 1. The van der Waals surface area contributed by atoms with Crippen LogP contribution in [0.5, 0.6) is 0 Å². The molecule has 0 aromatic heterocycles. The van der Waals surface area contributed by atoms with Gasteiger partial charge in [-0.05, 0) is 36.5 Å². The quantitative estimate of drug-likeness (QED) is 0.781. The monoisotopic (exact) mass is 394 g/mol. The molecule has 1 aliphatic rings. The molecule has 2 aromatic carbocycles. The van der Waals surface area contributed by atoms with Gasteiger partial charge in [0, 0.05) is 26.2 Å². The molecular formula is C24H30N2O3. The van der Waals surface area contributed by atoms with Crippen molar-refractivity contribution in [1.82, 2.24) is 9.80 Å². The van der Waals surface area contributed by atoms with E-state index in [1.54, 1.807) is 0 Å². The summed E-state index contributed by atoms with van der Waals surface area (Å²) in [4.78, 5) is 28.1. The standard InChI is InChI=1S/C24H30N2O3/c1-3-10-26-12-11-25(17-23(27)28)16-22(24(26)29)15-19-7-5-9-21(14-19)20-8-4-6-18(2)13-20/h4-9,13-14,22H,3,10-12,15-17H2,1-2H3,(H,27,28). The molecule has 5 heteroatoms. The fourth-order valence-electron chi connectivity index (χ4n) is 4.08. The molecule has 1 aliphatic heterocycles. The van der Waals surface area contributed by atoms with Gasteiger partial charge in [-0.1, -0.05) is 61.0 Å². The molecule has 1 unspecified atom stereocenters. The van der Waals surface area contributed by atoms with Gasteiger partial charge in [0.2, 0.25) is 5.91 Å². The van der Waals surface area contributed by atoms with Crippen LogP contribution in [0.3, 0.4) is 0 Å². The summed E-state index contributed by atoms with van der Waals surface area (Å²) in [5.41, 5.74) is 4.63.